The van der Waals surface area contributed by atoms with Crippen LogP contribution in [0, 0.1) is 11.3 Å². The number of rotatable bonds is 1. The molecular weight excluding hydrogens is 126 g/mol. The van der Waals surface area contributed by atoms with E-state index in [1.165, 1.54) is 11.6 Å². The molecule has 1 aliphatic rings. The number of hydrogen-bond donors (Lipinski definition) is 0. The van der Waals surface area contributed by atoms with Crippen LogP contribution in [0.4, 0.5) is 0 Å². The van der Waals surface area contributed by atoms with E-state index in [2.05, 4.69) is 0 Å². The Morgan fingerprint density at radius 3 is 2.90 bits per heavy atom. The first-order valence-corrected chi connectivity index (χ1v) is 3.17. The van der Waals surface area contributed by atoms with Crippen molar-refractivity contribution in [3.05, 3.63) is 23.3 Å². The van der Waals surface area contributed by atoms with Crippen molar-refractivity contribution in [2.24, 2.45) is 0 Å². The molecule has 0 aromatic carbocycles. The van der Waals surface area contributed by atoms with Crippen LogP contribution in [0.25, 0.3) is 0 Å². The highest BCUT2D eigenvalue weighted by atomic mass is 16.5. The van der Waals surface area contributed by atoms with E-state index in [0.717, 1.165) is 5.57 Å². The van der Waals surface area contributed by atoms with Gasteiger partial charge in [-0.2, -0.15) is 5.26 Å². The van der Waals surface area contributed by atoms with Crippen molar-refractivity contribution in [1.29, 1.82) is 5.26 Å². The molecule has 0 spiro atoms. The Morgan fingerprint density at radius 2 is 2.40 bits per heavy atom. The fourth-order valence-corrected chi connectivity index (χ4v) is 0.858. The molecule has 0 fully saturated rings. The molecule has 0 aliphatic carbocycles. The second kappa shape index (κ2) is 3.19. The summed E-state index contributed by atoms with van der Waals surface area (Å²) in [5.41, 5.74) is 2.37. The highest BCUT2D eigenvalue weighted by Gasteiger charge is 2.06. The molecule has 0 aromatic heterocycles. The molecule has 0 atom stereocenters. The van der Waals surface area contributed by atoms with Gasteiger partial charge in [-0.05, 0) is 24.1 Å². The van der Waals surface area contributed by atoms with Crippen LogP contribution in [0.2, 0.25) is 0 Å². The van der Waals surface area contributed by atoms with E-state index in [9.17, 15) is 0 Å². The molecule has 0 amide bonds. The Hall–Kier alpha value is -1.07. The van der Waals surface area contributed by atoms with E-state index < -0.39 is 0 Å². The minimum atomic E-state index is 0.657. The number of ether oxygens (including phenoxy) is 1. The van der Waals surface area contributed by atoms with E-state index in [1.807, 2.05) is 19.1 Å². The molecule has 1 aliphatic heterocycles. The van der Waals surface area contributed by atoms with Gasteiger partial charge >= 0.3 is 0 Å². The first kappa shape index (κ1) is 7.04. The zero-order valence-corrected chi connectivity index (χ0v) is 5.92. The van der Waals surface area contributed by atoms with Crippen molar-refractivity contribution in [2.75, 3.05) is 13.2 Å². The van der Waals surface area contributed by atoms with Crippen LogP contribution in [-0.2, 0) is 4.74 Å². The first-order chi connectivity index (χ1) is 4.84. The molecule has 0 saturated carbocycles. The van der Waals surface area contributed by atoms with Crippen LogP contribution < -0.4 is 0 Å². The molecular formula is C8H9NO. The molecule has 2 nitrogen and oxygen atoms in total. The molecule has 0 N–H and O–H groups in total. The quantitative estimate of drug-likeness (QED) is 0.509. The van der Waals surface area contributed by atoms with Gasteiger partial charge in [-0.15, -0.1) is 0 Å². The number of nitrogens with zero attached hydrogens (tertiary/aromatic N) is 1. The number of nitriles is 1. The summed E-state index contributed by atoms with van der Waals surface area (Å²) in [7, 11) is 0. The average molecular weight is 135 g/mol. The van der Waals surface area contributed by atoms with Gasteiger partial charge in [0.15, 0.2) is 0 Å². The van der Waals surface area contributed by atoms with E-state index in [-0.39, 0.29) is 0 Å². The molecule has 0 saturated heterocycles. The van der Waals surface area contributed by atoms with Gasteiger partial charge in [0.25, 0.3) is 0 Å². The minimum absolute atomic E-state index is 0.657. The summed E-state index contributed by atoms with van der Waals surface area (Å²) in [5.74, 6) is 0. The number of allylic oxidation sites excluding steroid dienone is 1. The summed E-state index contributed by atoms with van der Waals surface area (Å²) in [6.45, 7) is 3.39. The smallest absolute Gasteiger partial charge is 0.0912 e. The molecule has 0 radical (unpaired) electrons. The standard InChI is InChI=1S/C8H9NO/c1-7-5-10-6-8(7)3-2-4-9/h2-3H,5-6H2,1H3/b3-2-. The van der Waals surface area contributed by atoms with Crippen LogP contribution in [-0.4, -0.2) is 13.2 Å². The maximum absolute atomic E-state index is 8.21. The third-order valence-electron chi connectivity index (χ3n) is 1.48. The van der Waals surface area contributed by atoms with Gasteiger partial charge in [-0.1, -0.05) is 0 Å². The lowest BCUT2D eigenvalue weighted by molar-refractivity contribution is 0.206. The summed E-state index contributed by atoms with van der Waals surface area (Å²) in [6.07, 6.45) is 3.29. The van der Waals surface area contributed by atoms with Gasteiger partial charge in [0.1, 0.15) is 0 Å². The molecule has 10 heavy (non-hydrogen) atoms. The van der Waals surface area contributed by atoms with Crippen molar-refractivity contribution in [3.63, 3.8) is 0 Å². The maximum Gasteiger partial charge on any atom is 0.0912 e. The minimum Gasteiger partial charge on any atom is -0.372 e. The molecule has 1 rings (SSSR count). The number of hydrogen-bond acceptors (Lipinski definition) is 2. The van der Waals surface area contributed by atoms with Crippen LogP contribution >= 0.6 is 0 Å². The van der Waals surface area contributed by atoms with Crippen LogP contribution in [0.5, 0.6) is 0 Å². The lowest BCUT2D eigenvalue weighted by atomic mass is 10.2. The lowest BCUT2D eigenvalue weighted by Gasteiger charge is -1.88. The Morgan fingerprint density at radius 1 is 1.60 bits per heavy atom. The molecule has 1 heterocycles. The third kappa shape index (κ3) is 1.46. The fraction of sp³-hybridized carbons (Fsp3) is 0.375. The predicted molar refractivity (Wildman–Crippen MR) is 38.3 cm³/mol. The first-order valence-electron chi connectivity index (χ1n) is 3.17. The molecule has 0 unspecified atom stereocenters. The monoisotopic (exact) mass is 135 g/mol. The van der Waals surface area contributed by atoms with Crippen LogP contribution in [0.15, 0.2) is 23.3 Å². The van der Waals surface area contributed by atoms with E-state index in [4.69, 9.17) is 10.00 Å². The Bertz CT molecular complexity index is 220. The van der Waals surface area contributed by atoms with Crippen molar-refractivity contribution in [2.45, 2.75) is 6.92 Å². The topological polar surface area (TPSA) is 33.0 Å². The van der Waals surface area contributed by atoms with Crippen LogP contribution in [0.3, 0.4) is 0 Å². The normalized spacial score (nSPS) is 18.4. The maximum atomic E-state index is 8.21. The summed E-state index contributed by atoms with van der Waals surface area (Å²) in [4.78, 5) is 0. The average Bonchev–Trinajstić information content (AvgIpc) is 2.31. The Kier molecular flexibility index (Phi) is 2.24. The van der Waals surface area contributed by atoms with Gasteiger partial charge in [0, 0.05) is 6.08 Å². The lowest BCUT2D eigenvalue weighted by Crippen LogP contribution is -1.82. The van der Waals surface area contributed by atoms with Crippen LogP contribution in [0.1, 0.15) is 6.92 Å². The molecule has 0 aromatic rings. The van der Waals surface area contributed by atoms with Gasteiger partial charge in [0.2, 0.25) is 0 Å². The third-order valence-corrected chi connectivity index (χ3v) is 1.48. The zero-order valence-electron chi connectivity index (χ0n) is 5.92. The summed E-state index contributed by atoms with van der Waals surface area (Å²) >= 11 is 0. The summed E-state index contributed by atoms with van der Waals surface area (Å²) < 4.78 is 5.13. The van der Waals surface area contributed by atoms with Gasteiger partial charge in [-0.3, -0.25) is 0 Å². The molecule has 2 heteroatoms. The summed E-state index contributed by atoms with van der Waals surface area (Å²) in [5, 5.41) is 8.21. The van der Waals surface area contributed by atoms with Crippen molar-refractivity contribution >= 4 is 0 Å². The predicted octanol–water partition coefficient (Wildman–Crippen LogP) is 1.41. The van der Waals surface area contributed by atoms with Crippen molar-refractivity contribution < 1.29 is 4.74 Å². The van der Waals surface area contributed by atoms with E-state index in [1.54, 1.807) is 0 Å². The van der Waals surface area contributed by atoms with Gasteiger partial charge in [-0.25, -0.2) is 0 Å². The van der Waals surface area contributed by atoms with E-state index in [0.29, 0.717) is 13.2 Å². The molecule has 0 bridgehead atoms. The highest BCUT2D eigenvalue weighted by molar-refractivity contribution is 5.30. The second-order valence-electron chi connectivity index (χ2n) is 2.26. The second-order valence-corrected chi connectivity index (χ2v) is 2.26. The Labute approximate surface area is 60.4 Å². The van der Waals surface area contributed by atoms with Crippen molar-refractivity contribution in [1.82, 2.24) is 0 Å². The summed E-state index contributed by atoms with van der Waals surface area (Å²) in [6, 6.07) is 1.94. The van der Waals surface area contributed by atoms with Gasteiger partial charge in [0.05, 0.1) is 19.3 Å². The SMILES string of the molecule is CC1=C(/C=C\C#N)COC1. The molecule has 52 valence electrons. The Balaban J connectivity index is 2.65. The fourth-order valence-electron chi connectivity index (χ4n) is 0.858. The largest absolute Gasteiger partial charge is 0.372 e. The van der Waals surface area contributed by atoms with Crippen molar-refractivity contribution in [3.8, 4) is 6.07 Å². The zero-order chi connectivity index (χ0) is 7.40. The van der Waals surface area contributed by atoms with E-state index >= 15 is 0 Å². The highest BCUT2D eigenvalue weighted by Crippen LogP contribution is 2.13. The van der Waals surface area contributed by atoms with Gasteiger partial charge < -0.3 is 4.74 Å².